The van der Waals surface area contributed by atoms with Gasteiger partial charge in [-0.05, 0) is 112 Å². The molecular weight excluding hydrogens is 688 g/mol. The molecule has 2 N–H and O–H groups in total. The predicted octanol–water partition coefficient (Wildman–Crippen LogP) is 9.46. The van der Waals surface area contributed by atoms with Crippen molar-refractivity contribution in [2.24, 2.45) is 5.41 Å². The van der Waals surface area contributed by atoms with Crippen LogP contribution in [0.3, 0.4) is 0 Å². The fraction of sp³-hybridized carbons (Fsp3) is 0.526. The van der Waals surface area contributed by atoms with Crippen molar-refractivity contribution in [2.75, 3.05) is 37.4 Å². The summed E-state index contributed by atoms with van der Waals surface area (Å²) in [6, 6.07) is 8.93. The molecule has 2 aromatic rings. The van der Waals surface area contributed by atoms with Crippen LogP contribution in [0, 0.1) is 5.41 Å². The average Bonchev–Trinajstić information content (AvgIpc) is 3.69. The minimum Gasteiger partial charge on any atom is -0.507 e. The molecule has 0 unspecified atom stereocenters. The number of nitrogens with one attached hydrogen (secondary N) is 1. The van der Waals surface area contributed by atoms with E-state index in [0.29, 0.717) is 12.3 Å². The second kappa shape index (κ2) is 11.9. The summed E-state index contributed by atoms with van der Waals surface area (Å²) >= 11 is 7.74. The summed E-state index contributed by atoms with van der Waals surface area (Å²) in [5.41, 5.74) is 8.12. The topological polar surface area (TPSA) is 42.0 Å². The van der Waals surface area contributed by atoms with Crippen LogP contribution < -0.4 is 10.2 Å². The number of fused-ring (bicyclic) bond motifs is 6. The lowest BCUT2D eigenvalue weighted by Gasteiger charge is -2.45. The van der Waals surface area contributed by atoms with Crippen molar-refractivity contribution in [3.63, 3.8) is 0 Å². The van der Waals surface area contributed by atoms with Crippen molar-refractivity contribution in [2.45, 2.75) is 96.4 Å². The number of phenolic OH excluding ortho intramolecular Hbond substituents is 1. The zero-order valence-electron chi connectivity index (χ0n) is 28.1. The lowest BCUT2D eigenvalue weighted by Crippen LogP contribution is -2.53. The Balaban J connectivity index is 1.42. The number of rotatable bonds is 9. The Kier molecular flexibility index (Phi) is 8.67. The number of likely N-dealkylation sites (N-methyl/N-ethyl adjacent to an activating group) is 2. The first kappa shape index (κ1) is 32.9. The van der Waals surface area contributed by atoms with Crippen LogP contribution >= 0.6 is 31.9 Å². The lowest BCUT2D eigenvalue weighted by molar-refractivity contribution is 0.158. The molecule has 45 heavy (non-hydrogen) atoms. The van der Waals surface area contributed by atoms with Crippen LogP contribution in [-0.2, 0) is 17.4 Å². The molecule has 0 saturated carbocycles. The maximum Gasteiger partial charge on any atom is 0.126 e. The van der Waals surface area contributed by atoms with E-state index in [1.807, 2.05) is 0 Å². The van der Waals surface area contributed by atoms with Gasteiger partial charge < -0.3 is 15.3 Å². The second-order valence-electron chi connectivity index (χ2n) is 14.9. The zero-order valence-corrected chi connectivity index (χ0v) is 31.3. The summed E-state index contributed by atoms with van der Waals surface area (Å²) in [7, 11) is 4.46. The zero-order chi connectivity index (χ0) is 32.5. The van der Waals surface area contributed by atoms with Crippen LogP contribution in [0.5, 0.6) is 5.75 Å². The molecule has 0 amide bonds. The van der Waals surface area contributed by atoms with Gasteiger partial charge in [0.2, 0.25) is 0 Å². The molecule has 6 rings (SSSR count). The third-order valence-corrected chi connectivity index (χ3v) is 12.8. The van der Waals surface area contributed by atoms with Gasteiger partial charge in [0.05, 0.1) is 18.0 Å². The van der Waals surface area contributed by atoms with E-state index < -0.39 is 0 Å². The number of halogens is 2. The molecule has 0 spiro atoms. The van der Waals surface area contributed by atoms with Gasteiger partial charge in [0.25, 0.3) is 0 Å². The summed E-state index contributed by atoms with van der Waals surface area (Å²) in [5.74, 6) is 0.451. The van der Waals surface area contributed by atoms with Crippen molar-refractivity contribution in [3.05, 3.63) is 85.9 Å². The smallest absolute Gasteiger partial charge is 0.126 e. The molecule has 2 aromatic carbocycles. The van der Waals surface area contributed by atoms with Crippen LogP contribution in [0.2, 0.25) is 0 Å². The predicted molar refractivity (Wildman–Crippen MR) is 196 cm³/mol. The first-order valence-corrected chi connectivity index (χ1v) is 18.1. The largest absolute Gasteiger partial charge is 0.507 e. The van der Waals surface area contributed by atoms with E-state index in [1.165, 1.54) is 22.4 Å². The molecule has 2 fully saturated rings. The lowest BCUT2D eigenvalue weighted by atomic mass is 9.60. The first-order chi connectivity index (χ1) is 21.3. The molecule has 4 aliphatic rings. The third-order valence-electron chi connectivity index (χ3n) is 11.7. The highest BCUT2D eigenvalue weighted by Crippen LogP contribution is 2.62. The molecule has 4 aliphatic heterocycles. The molecule has 242 valence electrons. The van der Waals surface area contributed by atoms with Crippen LogP contribution in [-0.4, -0.2) is 54.4 Å². The molecule has 2 saturated heterocycles. The number of hydrogen-bond acceptors (Lipinski definition) is 5. The van der Waals surface area contributed by atoms with E-state index in [2.05, 4.69) is 150 Å². The van der Waals surface area contributed by atoms with E-state index in [-0.39, 0.29) is 28.6 Å². The minimum atomic E-state index is -0.185. The number of aromatic hydroxyl groups is 1. The minimum absolute atomic E-state index is 0.0982. The fourth-order valence-corrected chi connectivity index (χ4v) is 10.00. The number of phenols is 1. The van der Waals surface area contributed by atoms with Crippen LogP contribution in [0.15, 0.2) is 69.2 Å². The summed E-state index contributed by atoms with van der Waals surface area (Å²) in [4.78, 5) is 7.48. The standard InChI is InChI=1S/C38H50Br2N4O/c1-9-36(5,6)38-18-20-43(8)35(38)44(30-22-27(39)13-14-28(30)38)23-26-21-29(40)32-31(33(26)45)37(17-19-42(7)34(37)41-32)16-15-25(4)12-10-11-24(2)3/h9,11,13-15,21-22,34-35,41,45H,1,10,12,16-20,23H2,2-8H3/b25-15+/t34-,35+,37-,38+/m0/s1. The fourth-order valence-electron chi connectivity index (χ4n) is 9.06. The number of allylic oxidation sites excluding steroid dienone is 5. The van der Waals surface area contributed by atoms with Gasteiger partial charge in [0, 0.05) is 56.2 Å². The van der Waals surface area contributed by atoms with E-state index >= 15 is 0 Å². The number of hydrogen-bond donors (Lipinski definition) is 2. The normalized spacial score (nSPS) is 27.7. The van der Waals surface area contributed by atoms with E-state index in [1.54, 1.807) is 0 Å². The number of anilines is 2. The first-order valence-electron chi connectivity index (χ1n) is 16.5. The highest BCUT2D eigenvalue weighted by Gasteiger charge is 2.62. The van der Waals surface area contributed by atoms with Crippen LogP contribution in [0.25, 0.3) is 0 Å². The molecule has 7 heteroatoms. The van der Waals surface area contributed by atoms with Gasteiger partial charge in [0.15, 0.2) is 0 Å². The maximum atomic E-state index is 12.4. The van der Waals surface area contributed by atoms with Gasteiger partial charge in [-0.3, -0.25) is 9.80 Å². The SMILES string of the molecule is C=CC(C)(C)[C@@]12CCN(C)[C@@H]1N(Cc1cc(Br)c3c(c1O)[C@]1(C/C=C(\C)CCC=C(C)C)CCN(C)[C@@H]1N3)c1cc(Br)ccc12. The highest BCUT2D eigenvalue weighted by atomic mass is 79.9. The number of likely N-dealkylation sites (tertiary alicyclic amines) is 2. The molecule has 0 bridgehead atoms. The Morgan fingerprint density at radius 2 is 1.82 bits per heavy atom. The molecule has 0 aliphatic carbocycles. The van der Waals surface area contributed by atoms with Crippen molar-refractivity contribution >= 4 is 43.2 Å². The molecule has 0 radical (unpaired) electrons. The van der Waals surface area contributed by atoms with E-state index in [0.717, 1.165) is 71.0 Å². The van der Waals surface area contributed by atoms with Crippen LogP contribution in [0.1, 0.15) is 83.4 Å². The van der Waals surface area contributed by atoms with Crippen molar-refractivity contribution in [1.82, 2.24) is 9.80 Å². The molecule has 4 heterocycles. The Morgan fingerprint density at radius 3 is 2.53 bits per heavy atom. The monoisotopic (exact) mass is 736 g/mol. The van der Waals surface area contributed by atoms with Crippen molar-refractivity contribution in [3.8, 4) is 5.75 Å². The number of nitrogens with zero attached hydrogens (tertiary/aromatic N) is 3. The summed E-state index contributed by atoms with van der Waals surface area (Å²) in [6.45, 7) is 18.2. The Hall–Kier alpha value is -2.06. The summed E-state index contributed by atoms with van der Waals surface area (Å²) in [6.07, 6.45) is 12.4. The molecule has 5 nitrogen and oxygen atoms in total. The van der Waals surface area contributed by atoms with Gasteiger partial charge >= 0.3 is 0 Å². The summed E-state index contributed by atoms with van der Waals surface area (Å²) < 4.78 is 2.11. The Bertz CT molecular complexity index is 1580. The quantitative estimate of drug-likeness (QED) is 0.251. The van der Waals surface area contributed by atoms with E-state index in [9.17, 15) is 5.11 Å². The van der Waals surface area contributed by atoms with Gasteiger partial charge in [-0.1, -0.05) is 65.2 Å². The average molecular weight is 739 g/mol. The molecule has 4 atom stereocenters. The molecule has 0 aromatic heterocycles. The second-order valence-corrected chi connectivity index (χ2v) is 16.7. The van der Waals surface area contributed by atoms with Gasteiger partial charge in [-0.15, -0.1) is 6.58 Å². The summed E-state index contributed by atoms with van der Waals surface area (Å²) in [5, 5.41) is 16.2. The van der Waals surface area contributed by atoms with Crippen molar-refractivity contribution < 1.29 is 5.11 Å². The van der Waals surface area contributed by atoms with Gasteiger partial charge in [-0.25, -0.2) is 0 Å². The van der Waals surface area contributed by atoms with Crippen molar-refractivity contribution in [1.29, 1.82) is 0 Å². The van der Waals surface area contributed by atoms with E-state index in [4.69, 9.17) is 0 Å². The highest BCUT2D eigenvalue weighted by molar-refractivity contribution is 9.10. The third kappa shape index (κ3) is 5.06. The Labute approximate surface area is 287 Å². The van der Waals surface area contributed by atoms with Crippen LogP contribution in [0.4, 0.5) is 11.4 Å². The van der Waals surface area contributed by atoms with Gasteiger partial charge in [-0.2, -0.15) is 0 Å². The Morgan fingerprint density at radius 1 is 1.09 bits per heavy atom. The molecular formula is C38H50Br2N4O. The maximum absolute atomic E-state index is 12.4. The van der Waals surface area contributed by atoms with Gasteiger partial charge in [0.1, 0.15) is 5.75 Å². The number of benzene rings is 2.